The molecule has 1 atom stereocenters. The molecule has 2 aromatic carbocycles. The van der Waals surface area contributed by atoms with Crippen molar-refractivity contribution in [3.05, 3.63) is 42.5 Å². The molecule has 0 aromatic heterocycles. The van der Waals surface area contributed by atoms with Crippen molar-refractivity contribution in [2.75, 3.05) is 6.61 Å². The SMILES string of the molecule is O=C(O)CC(O)CCOc1ccc2ccccc2c1. The second-order valence-electron chi connectivity index (χ2n) is 4.40. The van der Waals surface area contributed by atoms with Gasteiger partial charge in [0, 0.05) is 6.42 Å². The summed E-state index contributed by atoms with van der Waals surface area (Å²) in [4.78, 5) is 10.4. The molecule has 4 nitrogen and oxygen atoms in total. The molecular formula is C15H16O4. The van der Waals surface area contributed by atoms with E-state index in [1.54, 1.807) is 0 Å². The Labute approximate surface area is 111 Å². The summed E-state index contributed by atoms with van der Waals surface area (Å²) in [6.45, 7) is 0.298. The maximum Gasteiger partial charge on any atom is 0.305 e. The fraction of sp³-hybridized carbons (Fsp3) is 0.267. The number of hydrogen-bond donors (Lipinski definition) is 2. The summed E-state index contributed by atoms with van der Waals surface area (Å²) in [6, 6.07) is 13.7. The van der Waals surface area contributed by atoms with E-state index in [-0.39, 0.29) is 6.42 Å². The first-order valence-electron chi connectivity index (χ1n) is 6.16. The summed E-state index contributed by atoms with van der Waals surface area (Å²) in [5.41, 5.74) is 0. The van der Waals surface area contributed by atoms with Gasteiger partial charge in [0.25, 0.3) is 0 Å². The van der Waals surface area contributed by atoms with Crippen LogP contribution in [0.1, 0.15) is 12.8 Å². The zero-order chi connectivity index (χ0) is 13.7. The third-order valence-corrected chi connectivity index (χ3v) is 2.85. The molecule has 19 heavy (non-hydrogen) atoms. The first kappa shape index (κ1) is 13.4. The molecule has 2 N–H and O–H groups in total. The second-order valence-corrected chi connectivity index (χ2v) is 4.40. The number of carboxylic acids is 1. The first-order chi connectivity index (χ1) is 9.15. The predicted molar refractivity (Wildman–Crippen MR) is 72.3 cm³/mol. The third-order valence-electron chi connectivity index (χ3n) is 2.85. The Morgan fingerprint density at radius 1 is 1.16 bits per heavy atom. The summed E-state index contributed by atoms with van der Waals surface area (Å²) in [5.74, 6) is -0.278. The van der Waals surface area contributed by atoms with Crippen molar-refractivity contribution in [2.24, 2.45) is 0 Å². The molecule has 4 heteroatoms. The average molecular weight is 260 g/mol. The van der Waals surface area contributed by atoms with Gasteiger partial charge in [0.1, 0.15) is 5.75 Å². The van der Waals surface area contributed by atoms with Gasteiger partial charge in [0.05, 0.1) is 19.1 Å². The van der Waals surface area contributed by atoms with Gasteiger partial charge in [-0.15, -0.1) is 0 Å². The van der Waals surface area contributed by atoms with Gasteiger partial charge in [-0.2, -0.15) is 0 Å². The van der Waals surface area contributed by atoms with Crippen molar-refractivity contribution in [1.82, 2.24) is 0 Å². The predicted octanol–water partition coefficient (Wildman–Crippen LogP) is 2.44. The van der Waals surface area contributed by atoms with Crippen LogP contribution in [-0.2, 0) is 4.79 Å². The van der Waals surface area contributed by atoms with Crippen molar-refractivity contribution in [3.8, 4) is 5.75 Å². The van der Waals surface area contributed by atoms with Crippen molar-refractivity contribution < 1.29 is 19.7 Å². The van der Waals surface area contributed by atoms with Gasteiger partial charge < -0.3 is 14.9 Å². The number of carbonyl (C=O) groups is 1. The number of ether oxygens (including phenoxy) is 1. The van der Waals surface area contributed by atoms with Crippen molar-refractivity contribution >= 4 is 16.7 Å². The Morgan fingerprint density at radius 3 is 2.63 bits per heavy atom. The molecule has 0 aliphatic heterocycles. The van der Waals surface area contributed by atoms with Crippen molar-refractivity contribution in [2.45, 2.75) is 18.9 Å². The van der Waals surface area contributed by atoms with Gasteiger partial charge in [0.15, 0.2) is 0 Å². The minimum absolute atomic E-state index is 0.249. The fourth-order valence-corrected chi connectivity index (χ4v) is 1.87. The maximum atomic E-state index is 10.4. The quantitative estimate of drug-likeness (QED) is 0.837. The molecule has 0 saturated heterocycles. The van der Waals surface area contributed by atoms with Gasteiger partial charge in [0.2, 0.25) is 0 Å². The molecule has 0 saturated carbocycles. The number of carboxylic acid groups (broad SMARTS) is 1. The van der Waals surface area contributed by atoms with Crippen molar-refractivity contribution in [3.63, 3.8) is 0 Å². The van der Waals surface area contributed by atoms with Crippen LogP contribution in [0.2, 0.25) is 0 Å². The Kier molecular flexibility index (Phi) is 4.36. The molecule has 0 aliphatic rings. The highest BCUT2D eigenvalue weighted by molar-refractivity contribution is 5.83. The Morgan fingerprint density at radius 2 is 1.89 bits per heavy atom. The molecule has 0 bridgehead atoms. The molecule has 100 valence electrons. The summed E-state index contributed by atoms with van der Waals surface area (Å²) in [5, 5.41) is 20.2. The molecule has 0 amide bonds. The largest absolute Gasteiger partial charge is 0.493 e. The van der Waals surface area contributed by atoms with E-state index in [9.17, 15) is 9.90 Å². The molecule has 1 unspecified atom stereocenters. The monoisotopic (exact) mass is 260 g/mol. The van der Waals surface area contributed by atoms with E-state index in [1.807, 2.05) is 42.5 Å². The van der Waals surface area contributed by atoms with Crippen LogP contribution in [0, 0.1) is 0 Å². The molecule has 0 heterocycles. The molecule has 2 aromatic rings. The van der Waals surface area contributed by atoms with Gasteiger partial charge in [-0.05, 0) is 22.9 Å². The molecule has 2 rings (SSSR count). The van der Waals surface area contributed by atoms with E-state index in [2.05, 4.69) is 0 Å². The van der Waals surface area contributed by atoms with E-state index in [0.717, 1.165) is 16.5 Å². The number of aliphatic carboxylic acids is 1. The number of benzene rings is 2. The van der Waals surface area contributed by atoms with Gasteiger partial charge in [-0.3, -0.25) is 4.79 Å². The van der Waals surface area contributed by atoms with Crippen LogP contribution in [-0.4, -0.2) is 28.9 Å². The molecule has 0 radical (unpaired) electrons. The van der Waals surface area contributed by atoms with Gasteiger partial charge in [-0.1, -0.05) is 30.3 Å². The van der Waals surface area contributed by atoms with E-state index in [1.165, 1.54) is 0 Å². The number of fused-ring (bicyclic) bond motifs is 1. The van der Waals surface area contributed by atoms with Crippen molar-refractivity contribution in [1.29, 1.82) is 0 Å². The smallest absolute Gasteiger partial charge is 0.305 e. The highest BCUT2D eigenvalue weighted by Gasteiger charge is 2.09. The molecule has 0 fully saturated rings. The maximum absolute atomic E-state index is 10.4. The fourth-order valence-electron chi connectivity index (χ4n) is 1.87. The minimum atomic E-state index is -1.00. The topological polar surface area (TPSA) is 66.8 Å². The standard InChI is InChI=1S/C15H16O4/c16-13(10-15(17)18)7-8-19-14-6-5-11-3-1-2-4-12(11)9-14/h1-6,9,13,16H,7-8,10H2,(H,17,18). The lowest BCUT2D eigenvalue weighted by atomic mass is 10.1. The summed E-state index contributed by atoms with van der Waals surface area (Å²) in [6.07, 6.45) is -0.807. The number of aliphatic hydroxyl groups excluding tert-OH is 1. The summed E-state index contributed by atoms with van der Waals surface area (Å²) >= 11 is 0. The van der Waals surface area contributed by atoms with Gasteiger partial charge >= 0.3 is 5.97 Å². The van der Waals surface area contributed by atoms with Crippen LogP contribution >= 0.6 is 0 Å². The van der Waals surface area contributed by atoms with E-state index in [4.69, 9.17) is 9.84 Å². The minimum Gasteiger partial charge on any atom is -0.493 e. The highest BCUT2D eigenvalue weighted by Crippen LogP contribution is 2.20. The summed E-state index contributed by atoms with van der Waals surface area (Å²) in [7, 11) is 0. The van der Waals surface area contributed by atoms with E-state index >= 15 is 0 Å². The molecular weight excluding hydrogens is 244 g/mol. The lowest BCUT2D eigenvalue weighted by Crippen LogP contribution is -2.16. The zero-order valence-electron chi connectivity index (χ0n) is 10.5. The molecule has 0 aliphatic carbocycles. The summed E-state index contributed by atoms with van der Waals surface area (Å²) < 4.78 is 5.51. The van der Waals surface area contributed by atoms with Crippen LogP contribution in [0.5, 0.6) is 5.75 Å². The van der Waals surface area contributed by atoms with Crippen LogP contribution in [0.25, 0.3) is 10.8 Å². The number of aliphatic hydroxyl groups is 1. The Hall–Kier alpha value is -2.07. The first-order valence-corrected chi connectivity index (χ1v) is 6.16. The lowest BCUT2D eigenvalue weighted by molar-refractivity contribution is -0.139. The second kappa shape index (κ2) is 6.20. The van der Waals surface area contributed by atoms with Crippen LogP contribution in [0.15, 0.2) is 42.5 Å². The van der Waals surface area contributed by atoms with Crippen LogP contribution < -0.4 is 4.74 Å². The van der Waals surface area contributed by atoms with E-state index < -0.39 is 12.1 Å². The average Bonchev–Trinajstić information content (AvgIpc) is 2.37. The van der Waals surface area contributed by atoms with E-state index in [0.29, 0.717) is 13.0 Å². The number of rotatable bonds is 6. The molecule has 0 spiro atoms. The normalized spacial score (nSPS) is 12.3. The number of hydrogen-bond acceptors (Lipinski definition) is 3. The Bertz CT molecular complexity index is 565. The third kappa shape index (κ3) is 3.96. The van der Waals surface area contributed by atoms with Gasteiger partial charge in [-0.25, -0.2) is 0 Å². The lowest BCUT2D eigenvalue weighted by Gasteiger charge is -2.10. The van der Waals surface area contributed by atoms with Crippen LogP contribution in [0.4, 0.5) is 0 Å². The Balaban J connectivity index is 1.89. The highest BCUT2D eigenvalue weighted by atomic mass is 16.5. The van der Waals surface area contributed by atoms with Crippen LogP contribution in [0.3, 0.4) is 0 Å². The zero-order valence-corrected chi connectivity index (χ0v) is 10.5.